The monoisotopic (exact) mass is 315 g/mol. The second-order valence-electron chi connectivity index (χ2n) is 7.77. The Bertz CT molecular complexity index is 603. The summed E-state index contributed by atoms with van der Waals surface area (Å²) in [6.45, 7) is 13.8. The Kier molecular flexibility index (Phi) is 4.69. The molecule has 0 atom stereocenters. The van der Waals surface area contributed by atoms with Gasteiger partial charge in [-0.15, -0.1) is 0 Å². The Hall–Kier alpha value is -1.32. The predicted octanol–water partition coefficient (Wildman–Crippen LogP) is 4.93. The van der Waals surface area contributed by atoms with E-state index in [0.717, 1.165) is 12.2 Å². The molecular formula is C19H29NOSi. The summed E-state index contributed by atoms with van der Waals surface area (Å²) in [5, 5.41) is 1.59. The molecule has 0 unspecified atom stereocenters. The molecule has 2 rings (SSSR count). The first-order chi connectivity index (χ1) is 10.1. The first-order valence-corrected chi connectivity index (χ1v) is 11.0. The molecule has 0 spiro atoms. The van der Waals surface area contributed by atoms with E-state index < -0.39 is 8.24 Å². The number of nitrogens with one attached hydrogen (secondary N) is 1. The summed E-state index contributed by atoms with van der Waals surface area (Å²) in [7, 11) is 0.113. The molecular weight excluding hydrogens is 286 g/mol. The fraction of sp³-hybridized carbons (Fsp3) is 0.474. The number of hydrogen-bond acceptors (Lipinski definition) is 2. The lowest BCUT2D eigenvalue weighted by Gasteiger charge is -2.34. The average molecular weight is 316 g/mol. The van der Waals surface area contributed by atoms with Crippen molar-refractivity contribution < 1.29 is 4.74 Å². The van der Waals surface area contributed by atoms with Crippen LogP contribution in [0.1, 0.15) is 39.7 Å². The molecule has 2 nitrogen and oxygen atoms in total. The highest BCUT2D eigenvalue weighted by atomic mass is 28.3. The number of allylic oxidation sites excluding steroid dienone is 4. The summed E-state index contributed by atoms with van der Waals surface area (Å²) in [5.41, 5.74) is 4.30. The Labute approximate surface area is 136 Å². The summed E-state index contributed by atoms with van der Waals surface area (Å²) >= 11 is 0. The van der Waals surface area contributed by atoms with Gasteiger partial charge in [-0.1, -0.05) is 42.1 Å². The van der Waals surface area contributed by atoms with Crippen LogP contribution in [-0.4, -0.2) is 20.9 Å². The van der Waals surface area contributed by atoms with E-state index in [0.29, 0.717) is 0 Å². The maximum atomic E-state index is 5.25. The summed E-state index contributed by atoms with van der Waals surface area (Å²) in [5.74, 6) is 0.910. The molecule has 120 valence electrons. The molecule has 0 saturated heterocycles. The number of benzene rings is 1. The Balaban J connectivity index is 2.26. The summed E-state index contributed by atoms with van der Waals surface area (Å²) in [4.78, 5) is 3.87. The van der Waals surface area contributed by atoms with E-state index in [9.17, 15) is 0 Å². The van der Waals surface area contributed by atoms with Gasteiger partial charge in [-0.2, -0.15) is 0 Å². The third-order valence-electron chi connectivity index (χ3n) is 4.13. The molecule has 0 aliphatic heterocycles. The summed E-state index contributed by atoms with van der Waals surface area (Å²) in [6, 6.07) is 8.39. The number of rotatable bonds is 4. The molecule has 1 aromatic rings. The molecule has 0 radical (unpaired) electrons. The number of methoxy groups -OCH3 is 1. The molecule has 1 aliphatic carbocycles. The molecule has 0 amide bonds. The second-order valence-corrected chi connectivity index (χ2v) is 11.9. The van der Waals surface area contributed by atoms with Crippen LogP contribution >= 0.6 is 0 Å². The van der Waals surface area contributed by atoms with Gasteiger partial charge < -0.3 is 9.72 Å². The standard InChI is InChI=1S/C19H29NOSi/c1-14-12-17(22(6,7)20-19(2,3)4)13-18(14)15-8-10-16(21-5)11-9-15/h8-11,13,20H,12H2,1-7H3. The SMILES string of the molecule is COc1ccc(C2=C(C)CC([Si](C)(C)NC(C)(C)C)=C2)cc1. The van der Waals surface area contributed by atoms with E-state index in [1.807, 2.05) is 12.1 Å². The van der Waals surface area contributed by atoms with Gasteiger partial charge in [0, 0.05) is 5.54 Å². The molecule has 0 heterocycles. The maximum absolute atomic E-state index is 5.25. The van der Waals surface area contributed by atoms with E-state index in [-0.39, 0.29) is 5.54 Å². The van der Waals surface area contributed by atoms with Gasteiger partial charge in [-0.25, -0.2) is 0 Å². The van der Waals surface area contributed by atoms with E-state index >= 15 is 0 Å². The third kappa shape index (κ3) is 3.90. The minimum atomic E-state index is -1.60. The zero-order valence-electron chi connectivity index (χ0n) is 15.0. The van der Waals surface area contributed by atoms with Crippen molar-refractivity contribution in [3.8, 4) is 5.75 Å². The van der Waals surface area contributed by atoms with Gasteiger partial charge in [0.1, 0.15) is 14.0 Å². The van der Waals surface area contributed by atoms with Crippen molar-refractivity contribution >= 4 is 13.8 Å². The number of hydrogen-bond donors (Lipinski definition) is 1. The second kappa shape index (κ2) is 6.05. The van der Waals surface area contributed by atoms with Gasteiger partial charge in [0.15, 0.2) is 0 Å². The smallest absolute Gasteiger partial charge is 0.148 e. The van der Waals surface area contributed by atoms with Gasteiger partial charge in [-0.05, 0) is 57.4 Å². The van der Waals surface area contributed by atoms with Gasteiger partial charge in [0.2, 0.25) is 0 Å². The minimum absolute atomic E-state index is 0.160. The Morgan fingerprint density at radius 3 is 2.18 bits per heavy atom. The molecule has 0 bridgehead atoms. The quantitative estimate of drug-likeness (QED) is 0.795. The lowest BCUT2D eigenvalue weighted by Crippen LogP contribution is -2.55. The highest BCUT2D eigenvalue weighted by Crippen LogP contribution is 2.36. The summed E-state index contributed by atoms with van der Waals surface area (Å²) in [6.07, 6.45) is 3.52. The fourth-order valence-electron chi connectivity index (χ4n) is 3.25. The van der Waals surface area contributed by atoms with Crippen molar-refractivity contribution in [1.82, 2.24) is 4.98 Å². The summed E-state index contributed by atoms with van der Waals surface area (Å²) < 4.78 is 5.25. The third-order valence-corrected chi connectivity index (χ3v) is 7.43. The molecule has 3 heteroatoms. The van der Waals surface area contributed by atoms with E-state index in [1.165, 1.54) is 16.7 Å². The van der Waals surface area contributed by atoms with Crippen molar-refractivity contribution in [2.45, 2.75) is 52.7 Å². The van der Waals surface area contributed by atoms with E-state index in [4.69, 9.17) is 4.74 Å². The Morgan fingerprint density at radius 2 is 1.68 bits per heavy atom. The molecule has 0 aromatic heterocycles. The molecule has 1 aromatic carbocycles. The minimum Gasteiger partial charge on any atom is -0.497 e. The van der Waals surface area contributed by atoms with Gasteiger partial charge >= 0.3 is 0 Å². The molecule has 1 N–H and O–H groups in total. The van der Waals surface area contributed by atoms with Crippen molar-refractivity contribution in [3.63, 3.8) is 0 Å². The van der Waals surface area contributed by atoms with Crippen LogP contribution in [0.25, 0.3) is 5.57 Å². The lowest BCUT2D eigenvalue weighted by atomic mass is 10.0. The zero-order valence-corrected chi connectivity index (χ0v) is 16.0. The topological polar surface area (TPSA) is 21.3 Å². The lowest BCUT2D eigenvalue weighted by molar-refractivity contribution is 0.415. The van der Waals surface area contributed by atoms with Crippen molar-refractivity contribution in [1.29, 1.82) is 0 Å². The predicted molar refractivity (Wildman–Crippen MR) is 98.7 cm³/mol. The van der Waals surface area contributed by atoms with Crippen LogP contribution in [0.15, 0.2) is 41.1 Å². The van der Waals surface area contributed by atoms with Crippen molar-refractivity contribution in [2.24, 2.45) is 0 Å². The van der Waals surface area contributed by atoms with Crippen LogP contribution in [0.5, 0.6) is 5.75 Å². The highest BCUT2D eigenvalue weighted by Gasteiger charge is 2.33. The normalized spacial score (nSPS) is 16.0. The van der Waals surface area contributed by atoms with Crippen molar-refractivity contribution in [2.75, 3.05) is 7.11 Å². The average Bonchev–Trinajstić information content (AvgIpc) is 2.79. The number of ether oxygens (including phenoxy) is 1. The Morgan fingerprint density at radius 1 is 1.09 bits per heavy atom. The molecule has 22 heavy (non-hydrogen) atoms. The van der Waals surface area contributed by atoms with E-state index in [2.05, 4.69) is 64.0 Å². The van der Waals surface area contributed by atoms with Gasteiger partial charge in [0.25, 0.3) is 0 Å². The zero-order chi connectivity index (χ0) is 16.5. The van der Waals surface area contributed by atoms with E-state index in [1.54, 1.807) is 12.3 Å². The van der Waals surface area contributed by atoms with Crippen molar-refractivity contribution in [3.05, 3.63) is 46.7 Å². The van der Waals surface area contributed by atoms with Crippen LogP contribution in [-0.2, 0) is 0 Å². The largest absolute Gasteiger partial charge is 0.497 e. The molecule has 1 aliphatic rings. The van der Waals surface area contributed by atoms with Crippen LogP contribution in [0, 0.1) is 0 Å². The first kappa shape index (κ1) is 17.0. The maximum Gasteiger partial charge on any atom is 0.148 e. The highest BCUT2D eigenvalue weighted by molar-refractivity contribution is 6.82. The van der Waals surface area contributed by atoms with Crippen LogP contribution < -0.4 is 9.72 Å². The van der Waals surface area contributed by atoms with Crippen LogP contribution in [0.2, 0.25) is 13.1 Å². The van der Waals surface area contributed by atoms with Crippen LogP contribution in [0.3, 0.4) is 0 Å². The van der Waals surface area contributed by atoms with Gasteiger partial charge in [-0.3, -0.25) is 0 Å². The van der Waals surface area contributed by atoms with Crippen LogP contribution in [0.4, 0.5) is 0 Å². The molecule has 0 saturated carbocycles. The van der Waals surface area contributed by atoms with Gasteiger partial charge in [0.05, 0.1) is 7.11 Å². The molecule has 0 fully saturated rings. The fourth-order valence-corrected chi connectivity index (χ4v) is 6.50. The first-order valence-electron chi connectivity index (χ1n) is 7.97.